The summed E-state index contributed by atoms with van der Waals surface area (Å²) in [6.45, 7) is 2.00. The van der Waals surface area contributed by atoms with Gasteiger partial charge in [0, 0.05) is 6.42 Å². The van der Waals surface area contributed by atoms with Crippen LogP contribution in [0.3, 0.4) is 0 Å². The second-order valence-electron chi connectivity index (χ2n) is 5.89. The molecule has 1 N–H and O–H groups in total. The molecule has 0 rings (SSSR count). The maximum Gasteiger partial charge on any atom is 0.438 e. The lowest BCUT2D eigenvalue weighted by atomic mass is 10.0. The zero-order valence-electron chi connectivity index (χ0n) is 14.1. The van der Waals surface area contributed by atoms with Crippen molar-refractivity contribution in [2.45, 2.75) is 76.2 Å². The van der Waals surface area contributed by atoms with E-state index in [2.05, 4.69) is 4.74 Å². The van der Waals surface area contributed by atoms with Crippen LogP contribution in [0.1, 0.15) is 58.3 Å². The Hall–Kier alpha value is -1.04. The van der Waals surface area contributed by atoms with E-state index in [1.807, 2.05) is 6.92 Å². The van der Waals surface area contributed by atoms with Crippen molar-refractivity contribution in [3.63, 3.8) is 0 Å². The van der Waals surface area contributed by atoms with E-state index in [0.717, 1.165) is 25.7 Å². The van der Waals surface area contributed by atoms with Crippen molar-refractivity contribution >= 4 is 16.1 Å². The molecule has 0 aromatic rings. The second kappa shape index (κ2) is 9.77. The van der Waals surface area contributed by atoms with Crippen LogP contribution in [0, 0.1) is 0 Å². The van der Waals surface area contributed by atoms with Gasteiger partial charge in [-0.05, 0) is 6.42 Å². The molecule has 0 saturated carbocycles. The van der Waals surface area contributed by atoms with Crippen LogP contribution in [0.15, 0.2) is 0 Å². The molecule has 0 bridgehead atoms. The van der Waals surface area contributed by atoms with E-state index in [0.29, 0.717) is 12.8 Å². The Labute approximate surface area is 147 Å². The zero-order chi connectivity index (χ0) is 20.6. The minimum Gasteiger partial charge on any atom is -0.438 e. The third-order valence-corrected chi connectivity index (χ3v) is 4.35. The van der Waals surface area contributed by atoms with E-state index in [-0.39, 0.29) is 6.42 Å². The van der Waals surface area contributed by atoms with E-state index in [4.69, 9.17) is 4.55 Å². The topological polar surface area (TPSA) is 80.7 Å². The van der Waals surface area contributed by atoms with Gasteiger partial charge < -0.3 is 4.74 Å². The van der Waals surface area contributed by atoms with Gasteiger partial charge in [-0.15, -0.1) is 0 Å². The fraction of sp³-hybridized carbons (Fsp3) is 0.929. The van der Waals surface area contributed by atoms with Crippen LogP contribution in [0.25, 0.3) is 0 Å². The van der Waals surface area contributed by atoms with Crippen LogP contribution in [0.4, 0.5) is 26.3 Å². The fourth-order valence-corrected chi connectivity index (χ4v) is 3.10. The van der Waals surface area contributed by atoms with Crippen molar-refractivity contribution in [2.75, 3.05) is 5.75 Å². The highest BCUT2D eigenvalue weighted by molar-refractivity contribution is 7.85. The summed E-state index contributed by atoms with van der Waals surface area (Å²) in [4.78, 5) is 11.5. The summed E-state index contributed by atoms with van der Waals surface area (Å²) in [7, 11) is -5.75. The molecule has 0 saturated heterocycles. The van der Waals surface area contributed by atoms with Crippen molar-refractivity contribution in [3.05, 3.63) is 0 Å². The van der Waals surface area contributed by atoms with Gasteiger partial charge in [0.05, 0.1) is 0 Å². The first-order valence-electron chi connectivity index (χ1n) is 7.97. The summed E-state index contributed by atoms with van der Waals surface area (Å²) < 4.78 is 111. The number of hydrogen-bond donors (Lipinski definition) is 1. The summed E-state index contributed by atoms with van der Waals surface area (Å²) in [6.07, 6.45) is -8.48. The van der Waals surface area contributed by atoms with Crippen LogP contribution >= 0.6 is 0 Å². The minimum absolute atomic E-state index is 0.00261. The van der Waals surface area contributed by atoms with Gasteiger partial charge in [-0.2, -0.15) is 34.8 Å². The van der Waals surface area contributed by atoms with E-state index in [1.54, 1.807) is 0 Å². The maximum atomic E-state index is 13.0. The predicted molar refractivity (Wildman–Crippen MR) is 80.0 cm³/mol. The highest BCUT2D eigenvalue weighted by Gasteiger charge is 2.75. The van der Waals surface area contributed by atoms with Crippen LogP contribution in [-0.4, -0.2) is 42.6 Å². The standard InChI is InChI=1S/C14H22F6O5S/c1-2-3-4-5-6-7-8-9-11(21)25-12(13(15,16)17,14(18,19)20)10-26(22,23)24/h2-10H2,1H3,(H,22,23,24). The Bertz CT molecular complexity index is 527. The van der Waals surface area contributed by atoms with Gasteiger partial charge in [-0.25, -0.2) is 0 Å². The summed E-state index contributed by atoms with van der Waals surface area (Å²) in [5.41, 5.74) is -5.31. The molecular weight excluding hydrogens is 394 g/mol. The molecule has 0 unspecified atom stereocenters. The third kappa shape index (κ3) is 8.11. The number of alkyl halides is 6. The largest absolute Gasteiger partial charge is 0.438 e. The van der Waals surface area contributed by atoms with E-state index < -0.39 is 46.2 Å². The van der Waals surface area contributed by atoms with Crippen molar-refractivity contribution < 1.29 is 48.8 Å². The number of hydrogen-bond acceptors (Lipinski definition) is 4. The van der Waals surface area contributed by atoms with Crippen LogP contribution in [-0.2, 0) is 19.6 Å². The van der Waals surface area contributed by atoms with Crippen LogP contribution < -0.4 is 0 Å². The Morgan fingerprint density at radius 3 is 1.69 bits per heavy atom. The first-order chi connectivity index (χ1) is 11.7. The number of carbonyl (C=O) groups is 1. The summed E-state index contributed by atoms with van der Waals surface area (Å²) >= 11 is 0. The fourth-order valence-electron chi connectivity index (χ4n) is 2.20. The summed E-state index contributed by atoms with van der Waals surface area (Å²) in [5, 5.41) is 0. The molecule has 0 heterocycles. The minimum atomic E-state index is -6.28. The van der Waals surface area contributed by atoms with Crippen LogP contribution in [0.5, 0.6) is 0 Å². The van der Waals surface area contributed by atoms with Crippen LogP contribution in [0.2, 0.25) is 0 Å². The van der Waals surface area contributed by atoms with E-state index in [1.165, 1.54) is 0 Å². The number of ether oxygens (including phenoxy) is 1. The van der Waals surface area contributed by atoms with Crippen molar-refractivity contribution in [3.8, 4) is 0 Å². The predicted octanol–water partition coefficient (Wildman–Crippen LogP) is 4.42. The average Bonchev–Trinajstić information content (AvgIpc) is 2.41. The average molecular weight is 416 g/mol. The number of esters is 1. The molecule has 0 radical (unpaired) electrons. The van der Waals surface area contributed by atoms with Gasteiger partial charge in [-0.3, -0.25) is 9.35 Å². The van der Waals surface area contributed by atoms with E-state index in [9.17, 15) is 39.6 Å². The molecule has 0 spiro atoms. The monoisotopic (exact) mass is 416 g/mol. The molecule has 0 aliphatic rings. The lowest BCUT2D eigenvalue weighted by Crippen LogP contribution is -2.63. The van der Waals surface area contributed by atoms with Gasteiger partial charge in [0.2, 0.25) is 0 Å². The van der Waals surface area contributed by atoms with Gasteiger partial charge >= 0.3 is 23.9 Å². The molecule has 156 valence electrons. The molecule has 0 aliphatic carbocycles. The molecule has 26 heavy (non-hydrogen) atoms. The molecule has 0 fully saturated rings. The molecule has 0 aromatic carbocycles. The normalized spacial score (nSPS) is 13.7. The lowest BCUT2D eigenvalue weighted by Gasteiger charge is -2.35. The Morgan fingerprint density at radius 2 is 1.31 bits per heavy atom. The molecule has 5 nitrogen and oxygen atoms in total. The molecular formula is C14H22F6O5S. The zero-order valence-corrected chi connectivity index (χ0v) is 14.9. The molecule has 0 aliphatic heterocycles. The highest BCUT2D eigenvalue weighted by Crippen LogP contribution is 2.47. The van der Waals surface area contributed by atoms with Gasteiger partial charge in [0.25, 0.3) is 10.1 Å². The number of rotatable bonds is 11. The van der Waals surface area contributed by atoms with E-state index >= 15 is 0 Å². The maximum absolute atomic E-state index is 13.0. The van der Waals surface area contributed by atoms with Crippen molar-refractivity contribution in [1.82, 2.24) is 0 Å². The Balaban J connectivity index is 5.01. The molecule has 0 atom stereocenters. The lowest BCUT2D eigenvalue weighted by molar-refractivity contribution is -0.361. The highest BCUT2D eigenvalue weighted by atomic mass is 32.2. The van der Waals surface area contributed by atoms with Gasteiger partial charge in [0.15, 0.2) is 0 Å². The second-order valence-corrected chi connectivity index (χ2v) is 7.35. The Morgan fingerprint density at radius 1 is 0.885 bits per heavy atom. The number of carbonyl (C=O) groups excluding carboxylic acids is 1. The number of unbranched alkanes of at least 4 members (excludes halogenated alkanes) is 6. The third-order valence-electron chi connectivity index (χ3n) is 3.57. The summed E-state index contributed by atoms with van der Waals surface area (Å²) in [6, 6.07) is 0. The van der Waals surface area contributed by atoms with Gasteiger partial charge in [0.1, 0.15) is 5.75 Å². The molecule has 0 aromatic heterocycles. The summed E-state index contributed by atoms with van der Waals surface area (Å²) in [5.74, 6) is -4.69. The first kappa shape index (κ1) is 25.0. The first-order valence-corrected chi connectivity index (χ1v) is 9.57. The molecule has 0 amide bonds. The number of halogens is 6. The van der Waals surface area contributed by atoms with Gasteiger partial charge in [-0.1, -0.05) is 45.4 Å². The van der Waals surface area contributed by atoms with Crippen molar-refractivity contribution in [1.29, 1.82) is 0 Å². The SMILES string of the molecule is CCCCCCCCCC(=O)OC(CS(=O)(=O)O)(C(F)(F)F)C(F)(F)F. The quantitative estimate of drug-likeness (QED) is 0.233. The van der Waals surface area contributed by atoms with Crippen molar-refractivity contribution in [2.24, 2.45) is 0 Å². The molecule has 12 heteroatoms. The Kier molecular flexibility index (Phi) is 9.38. The smallest absolute Gasteiger partial charge is 0.438 e.